The lowest BCUT2D eigenvalue weighted by atomic mass is 9.99. The van der Waals surface area contributed by atoms with Gasteiger partial charge < -0.3 is 9.47 Å². The van der Waals surface area contributed by atoms with Crippen molar-refractivity contribution in [1.82, 2.24) is 15.0 Å². The minimum atomic E-state index is -0.238. The normalized spacial score (nSPS) is 13.0. The van der Waals surface area contributed by atoms with E-state index in [4.69, 9.17) is 19.7 Å². The van der Waals surface area contributed by atoms with Crippen molar-refractivity contribution in [2.24, 2.45) is 0 Å². The molecule has 0 atom stereocenters. The fourth-order valence-electron chi connectivity index (χ4n) is 3.46. The molecule has 5 heteroatoms. The van der Waals surface area contributed by atoms with Gasteiger partial charge in [0.1, 0.15) is 11.0 Å². The molecule has 0 unspecified atom stereocenters. The maximum atomic E-state index is 6.12. The number of fused-ring (bicyclic) bond motifs is 2. The highest BCUT2D eigenvalue weighted by Gasteiger charge is 2.22. The molecule has 0 amide bonds. The van der Waals surface area contributed by atoms with E-state index in [1.807, 2.05) is 4.80 Å². The van der Waals surface area contributed by atoms with E-state index >= 15 is 0 Å². The molecule has 0 radical (unpaired) electrons. The second-order valence-electron chi connectivity index (χ2n) is 8.86. The second-order valence-corrected chi connectivity index (χ2v) is 8.86. The van der Waals surface area contributed by atoms with Gasteiger partial charge >= 0.3 is 0 Å². The van der Waals surface area contributed by atoms with Crippen LogP contribution < -0.4 is 0 Å². The van der Waals surface area contributed by atoms with Crippen LogP contribution in [0, 0.1) is 13.8 Å². The number of ether oxygens (including phenoxy) is 2. The molecule has 3 aromatic rings. The van der Waals surface area contributed by atoms with Crippen molar-refractivity contribution in [2.45, 2.75) is 72.1 Å². The maximum Gasteiger partial charge on any atom is 0.117 e. The van der Waals surface area contributed by atoms with Crippen molar-refractivity contribution in [1.29, 1.82) is 0 Å². The van der Waals surface area contributed by atoms with Gasteiger partial charge in [0.05, 0.1) is 24.4 Å². The SMILES string of the molecule is COC(C)(C)CCOC(C)(C)CCn1nc2c(C)c3ccccc3c(C)c2n1. The van der Waals surface area contributed by atoms with Crippen molar-refractivity contribution in [3.8, 4) is 0 Å². The summed E-state index contributed by atoms with van der Waals surface area (Å²) < 4.78 is 11.6. The van der Waals surface area contributed by atoms with Crippen molar-refractivity contribution in [2.75, 3.05) is 13.7 Å². The third kappa shape index (κ3) is 4.36. The molecule has 2 aromatic carbocycles. The first-order valence-corrected chi connectivity index (χ1v) is 10.1. The van der Waals surface area contributed by atoms with Gasteiger partial charge in [-0.05, 0) is 76.3 Å². The summed E-state index contributed by atoms with van der Waals surface area (Å²) in [7, 11) is 1.74. The molecule has 0 fully saturated rings. The van der Waals surface area contributed by atoms with Crippen LogP contribution in [0.4, 0.5) is 0 Å². The van der Waals surface area contributed by atoms with Crippen molar-refractivity contribution in [3.05, 3.63) is 35.4 Å². The summed E-state index contributed by atoms with van der Waals surface area (Å²) in [4.78, 5) is 1.83. The standard InChI is InChI=1S/C23H33N3O2/c1-16-18-10-8-9-11-19(18)17(2)21-20(16)24-26(25-21)14-12-23(5,6)28-15-13-22(3,4)27-7/h8-11H,12-15H2,1-7H3. The lowest BCUT2D eigenvalue weighted by Gasteiger charge is -2.28. The van der Waals surface area contributed by atoms with Crippen LogP contribution in [0.2, 0.25) is 0 Å². The van der Waals surface area contributed by atoms with Gasteiger partial charge in [-0.2, -0.15) is 15.0 Å². The van der Waals surface area contributed by atoms with Crippen LogP contribution in [0.5, 0.6) is 0 Å². The molecule has 0 aliphatic carbocycles. The average molecular weight is 384 g/mol. The summed E-state index contributed by atoms with van der Waals surface area (Å²) in [6.07, 6.45) is 1.71. The summed E-state index contributed by atoms with van der Waals surface area (Å²) in [6.45, 7) is 14.1. The van der Waals surface area contributed by atoms with Crippen molar-refractivity contribution in [3.63, 3.8) is 0 Å². The van der Waals surface area contributed by atoms with E-state index in [0.717, 1.165) is 30.4 Å². The molecule has 0 aliphatic heterocycles. The zero-order valence-electron chi connectivity index (χ0n) is 18.3. The summed E-state index contributed by atoms with van der Waals surface area (Å²) in [6, 6.07) is 8.48. The molecule has 0 saturated carbocycles. The van der Waals surface area contributed by atoms with E-state index in [9.17, 15) is 0 Å². The Morgan fingerprint density at radius 1 is 0.857 bits per heavy atom. The number of aromatic nitrogens is 3. The minimum Gasteiger partial charge on any atom is -0.379 e. The lowest BCUT2D eigenvalue weighted by molar-refractivity contribution is -0.0631. The first kappa shape index (κ1) is 20.7. The van der Waals surface area contributed by atoms with Gasteiger partial charge in [-0.25, -0.2) is 0 Å². The Balaban J connectivity index is 1.73. The smallest absolute Gasteiger partial charge is 0.117 e. The first-order chi connectivity index (χ1) is 13.1. The number of benzene rings is 2. The van der Waals surface area contributed by atoms with E-state index in [2.05, 4.69) is 65.8 Å². The topological polar surface area (TPSA) is 49.2 Å². The molecule has 1 heterocycles. The second kappa shape index (κ2) is 7.80. The van der Waals surface area contributed by atoms with Crippen molar-refractivity contribution >= 4 is 21.8 Å². The highest BCUT2D eigenvalue weighted by atomic mass is 16.5. The number of methoxy groups -OCH3 is 1. The van der Waals surface area contributed by atoms with Crippen LogP contribution in [0.3, 0.4) is 0 Å². The zero-order valence-corrected chi connectivity index (χ0v) is 18.3. The van der Waals surface area contributed by atoms with E-state index in [-0.39, 0.29) is 11.2 Å². The fraction of sp³-hybridized carbons (Fsp3) is 0.565. The van der Waals surface area contributed by atoms with E-state index in [1.54, 1.807) is 7.11 Å². The number of hydrogen-bond donors (Lipinski definition) is 0. The Hall–Kier alpha value is -1.98. The van der Waals surface area contributed by atoms with Gasteiger partial charge in [0.15, 0.2) is 0 Å². The molecule has 5 nitrogen and oxygen atoms in total. The predicted octanol–water partition coefficient (Wildman–Crippen LogP) is 5.20. The first-order valence-electron chi connectivity index (χ1n) is 10.1. The number of nitrogens with zero attached hydrogens (tertiary/aromatic N) is 3. The highest BCUT2D eigenvalue weighted by molar-refractivity contribution is 6.02. The zero-order chi connectivity index (χ0) is 20.5. The fourth-order valence-corrected chi connectivity index (χ4v) is 3.46. The molecule has 1 aromatic heterocycles. The third-order valence-corrected chi connectivity index (χ3v) is 5.76. The molecule has 0 spiro atoms. The summed E-state index contributed by atoms with van der Waals surface area (Å²) >= 11 is 0. The molecule has 0 aliphatic rings. The van der Waals surface area contributed by atoms with E-state index < -0.39 is 0 Å². The summed E-state index contributed by atoms with van der Waals surface area (Å²) in [5, 5.41) is 12.1. The lowest BCUT2D eigenvalue weighted by Crippen LogP contribution is -2.31. The molecule has 0 saturated heterocycles. The molecule has 0 N–H and O–H groups in total. The van der Waals surface area contributed by atoms with Crippen LogP contribution >= 0.6 is 0 Å². The van der Waals surface area contributed by atoms with Gasteiger partial charge in [-0.1, -0.05) is 24.3 Å². The van der Waals surface area contributed by atoms with Gasteiger partial charge in [0, 0.05) is 7.11 Å². The molecule has 28 heavy (non-hydrogen) atoms. The Kier molecular flexibility index (Phi) is 5.78. The summed E-state index contributed by atoms with van der Waals surface area (Å²) in [5.41, 5.74) is 3.99. The number of rotatable bonds is 8. The molecule has 3 rings (SSSR count). The molecular weight excluding hydrogens is 350 g/mol. The number of aryl methyl sites for hydroxylation is 3. The van der Waals surface area contributed by atoms with Gasteiger partial charge in [-0.3, -0.25) is 0 Å². The van der Waals surface area contributed by atoms with Crippen LogP contribution in [0.25, 0.3) is 21.8 Å². The average Bonchev–Trinajstić information content (AvgIpc) is 3.09. The van der Waals surface area contributed by atoms with Gasteiger partial charge in [-0.15, -0.1) is 0 Å². The Morgan fingerprint density at radius 3 is 1.89 bits per heavy atom. The molecule has 152 valence electrons. The van der Waals surface area contributed by atoms with E-state index in [0.29, 0.717) is 6.61 Å². The molecular formula is C23H33N3O2. The van der Waals surface area contributed by atoms with E-state index in [1.165, 1.54) is 21.9 Å². The van der Waals surface area contributed by atoms with Crippen LogP contribution in [-0.2, 0) is 16.0 Å². The minimum absolute atomic E-state index is 0.158. The predicted molar refractivity (Wildman–Crippen MR) is 115 cm³/mol. The third-order valence-electron chi connectivity index (χ3n) is 5.76. The van der Waals surface area contributed by atoms with Gasteiger partial charge in [0.2, 0.25) is 0 Å². The Bertz CT molecular complexity index is 914. The number of hydrogen-bond acceptors (Lipinski definition) is 4. The van der Waals surface area contributed by atoms with Crippen LogP contribution in [-0.4, -0.2) is 39.9 Å². The Morgan fingerprint density at radius 2 is 1.39 bits per heavy atom. The van der Waals surface area contributed by atoms with Crippen LogP contribution in [0.15, 0.2) is 24.3 Å². The molecule has 0 bridgehead atoms. The van der Waals surface area contributed by atoms with Gasteiger partial charge in [0.25, 0.3) is 0 Å². The summed E-state index contributed by atoms with van der Waals surface area (Å²) in [5.74, 6) is 0. The highest BCUT2D eigenvalue weighted by Crippen LogP contribution is 2.30. The van der Waals surface area contributed by atoms with Crippen LogP contribution in [0.1, 0.15) is 51.7 Å². The maximum absolute atomic E-state index is 6.12. The monoisotopic (exact) mass is 383 g/mol. The Labute approximate surface area is 168 Å². The van der Waals surface area contributed by atoms with Crippen molar-refractivity contribution < 1.29 is 9.47 Å². The largest absolute Gasteiger partial charge is 0.379 e. The quantitative estimate of drug-likeness (QED) is 0.536.